The predicted molar refractivity (Wildman–Crippen MR) is 170 cm³/mol. The van der Waals surface area contributed by atoms with Crippen LogP contribution in [0, 0.1) is 10.8 Å². The van der Waals surface area contributed by atoms with E-state index in [2.05, 4.69) is 15.5 Å². The van der Waals surface area contributed by atoms with E-state index in [-0.39, 0.29) is 47.5 Å². The highest BCUT2D eigenvalue weighted by atomic mass is 16.5. The quantitative estimate of drug-likeness (QED) is 0.420. The third kappa shape index (κ3) is 7.61. The minimum atomic E-state index is -0.323. The van der Waals surface area contributed by atoms with E-state index in [1.165, 1.54) is 0 Å². The van der Waals surface area contributed by atoms with Gasteiger partial charge in [-0.3, -0.25) is 28.5 Å². The van der Waals surface area contributed by atoms with Crippen molar-refractivity contribution in [1.29, 1.82) is 0 Å². The molecule has 5 heterocycles. The molecular weight excluding hydrogens is 606 g/mol. The van der Waals surface area contributed by atoms with Crippen LogP contribution in [0.5, 0.6) is 0 Å². The predicted octanol–water partition coefficient (Wildman–Crippen LogP) is 3.03. The minimum absolute atomic E-state index is 0.0172. The van der Waals surface area contributed by atoms with Crippen LogP contribution in [0.15, 0.2) is 0 Å². The van der Waals surface area contributed by atoms with E-state index >= 15 is 0 Å². The van der Waals surface area contributed by atoms with E-state index in [4.69, 9.17) is 18.9 Å². The van der Waals surface area contributed by atoms with Gasteiger partial charge in [0.05, 0.1) is 47.1 Å². The van der Waals surface area contributed by atoms with Gasteiger partial charge in [0.15, 0.2) is 5.78 Å². The molecule has 0 radical (unpaired) electrons. The maximum absolute atomic E-state index is 12.8. The number of hydrogen-bond donors (Lipinski definition) is 1. The molecule has 1 N–H and O–H groups in total. The highest BCUT2D eigenvalue weighted by molar-refractivity contribution is 6.00. The smallest absolute Gasteiger partial charge is 0.327 e. The number of nitrogens with one attached hydrogen (secondary N) is 1. The van der Waals surface area contributed by atoms with Gasteiger partial charge < -0.3 is 24.3 Å². The van der Waals surface area contributed by atoms with Crippen molar-refractivity contribution in [3.05, 3.63) is 33.9 Å². The summed E-state index contributed by atoms with van der Waals surface area (Å²) in [6.45, 7) is 11.8. The zero-order chi connectivity index (χ0) is 33.6. The highest BCUT2D eigenvalue weighted by Gasteiger charge is 2.43. The fourth-order valence-electron chi connectivity index (χ4n) is 7.40. The fourth-order valence-corrected chi connectivity index (χ4v) is 7.40. The Bertz CT molecular complexity index is 1460. The SMILES string of the molecule is CCOC(=O)Cn1nc(CC)c2c1CC1(CCOCC1)CC2=O.CCOC(=O)Cn1nc(CC)c2c1CC1(CCOCC1)CNC2=O. The maximum atomic E-state index is 12.8. The zero-order valence-corrected chi connectivity index (χ0v) is 28.3. The Morgan fingerprint density at radius 1 is 0.723 bits per heavy atom. The number of carbonyl (C=O) groups excluding carboxylic acids is 4. The first kappa shape index (κ1) is 34.7. The number of esters is 2. The minimum Gasteiger partial charge on any atom is -0.465 e. The van der Waals surface area contributed by atoms with Crippen LogP contribution >= 0.6 is 0 Å². The van der Waals surface area contributed by atoms with Crippen LogP contribution in [-0.2, 0) is 67.3 Å². The van der Waals surface area contributed by atoms with Crippen molar-refractivity contribution >= 4 is 23.6 Å². The van der Waals surface area contributed by atoms with Crippen molar-refractivity contribution in [2.75, 3.05) is 46.2 Å². The second-order valence-electron chi connectivity index (χ2n) is 13.0. The number of ketones is 1. The number of hydrogen-bond acceptors (Lipinski definition) is 10. The van der Waals surface area contributed by atoms with Crippen molar-refractivity contribution in [2.24, 2.45) is 10.8 Å². The third-order valence-corrected chi connectivity index (χ3v) is 9.96. The Balaban J connectivity index is 0.000000185. The third-order valence-electron chi connectivity index (χ3n) is 9.96. The van der Waals surface area contributed by atoms with E-state index in [0.29, 0.717) is 71.0 Å². The molecule has 2 saturated heterocycles. The van der Waals surface area contributed by atoms with E-state index in [9.17, 15) is 19.2 Å². The lowest BCUT2D eigenvalue weighted by Gasteiger charge is -2.39. The molecule has 6 rings (SSSR count). The van der Waals surface area contributed by atoms with Crippen LogP contribution in [0.4, 0.5) is 0 Å². The lowest BCUT2D eigenvalue weighted by Crippen LogP contribution is -2.41. The summed E-state index contributed by atoms with van der Waals surface area (Å²) in [6.07, 6.45) is 7.04. The summed E-state index contributed by atoms with van der Waals surface area (Å²) in [6, 6.07) is 0. The van der Waals surface area contributed by atoms with Gasteiger partial charge in [-0.2, -0.15) is 10.2 Å². The molecule has 13 nitrogen and oxygen atoms in total. The number of nitrogens with zero attached hydrogens (tertiary/aromatic N) is 4. The van der Waals surface area contributed by atoms with Gasteiger partial charge in [0.1, 0.15) is 13.1 Å². The van der Waals surface area contributed by atoms with Crippen LogP contribution < -0.4 is 5.32 Å². The lowest BCUT2D eigenvalue weighted by molar-refractivity contribution is -0.145. The van der Waals surface area contributed by atoms with Gasteiger partial charge in [0, 0.05) is 39.4 Å². The Kier molecular flexibility index (Phi) is 11.2. The molecule has 0 atom stereocenters. The molecular formula is C34H49N5O8. The van der Waals surface area contributed by atoms with Crippen molar-refractivity contribution in [2.45, 2.75) is 98.6 Å². The van der Waals surface area contributed by atoms with Crippen LogP contribution in [0.1, 0.15) is 103 Å². The summed E-state index contributed by atoms with van der Waals surface area (Å²) in [4.78, 5) is 49.2. The number of Topliss-reactive ketones (excluding diaryl/α,β-unsaturated/α-hetero) is 1. The van der Waals surface area contributed by atoms with Crippen LogP contribution in [0.3, 0.4) is 0 Å². The van der Waals surface area contributed by atoms with Gasteiger partial charge in [-0.05, 0) is 76.0 Å². The molecule has 3 aliphatic heterocycles. The number of ether oxygens (including phenoxy) is 4. The van der Waals surface area contributed by atoms with E-state index in [1.54, 1.807) is 23.2 Å². The number of carbonyl (C=O) groups is 4. The molecule has 0 bridgehead atoms. The molecule has 2 aromatic heterocycles. The second kappa shape index (κ2) is 15.1. The Morgan fingerprint density at radius 2 is 1.19 bits per heavy atom. The second-order valence-corrected chi connectivity index (χ2v) is 13.0. The van der Waals surface area contributed by atoms with Gasteiger partial charge in [-0.15, -0.1) is 0 Å². The molecule has 2 spiro atoms. The van der Waals surface area contributed by atoms with Crippen molar-refractivity contribution < 1.29 is 38.1 Å². The standard InChI is InChI=1S/C17H25N3O4.C17H24N2O4/c1-3-12-15-13(20(19-12)10-14(21)24-4-2)9-17(11-18-16(15)22)5-7-23-8-6-17;1-3-12-16-13(19(18-12)11-15(21)23-4-2)9-17(10-14(16)20)5-7-22-8-6-17/h3-11H2,1-2H3,(H,18,22);3-11H2,1-2H3. The fraction of sp³-hybridized carbons (Fsp3) is 0.706. The molecule has 1 aliphatic carbocycles. The van der Waals surface area contributed by atoms with Crippen LogP contribution in [0.2, 0.25) is 0 Å². The van der Waals surface area contributed by atoms with Crippen molar-refractivity contribution in [3.63, 3.8) is 0 Å². The van der Waals surface area contributed by atoms with Gasteiger partial charge in [0.2, 0.25) is 0 Å². The molecule has 0 aromatic carbocycles. The van der Waals surface area contributed by atoms with E-state index < -0.39 is 0 Å². The summed E-state index contributed by atoms with van der Waals surface area (Å²) in [5, 5.41) is 12.1. The molecule has 0 unspecified atom stereocenters. The first-order valence-corrected chi connectivity index (χ1v) is 17.1. The number of aryl methyl sites for hydroxylation is 2. The molecule has 13 heteroatoms. The molecule has 4 aliphatic rings. The Morgan fingerprint density at radius 3 is 1.70 bits per heavy atom. The largest absolute Gasteiger partial charge is 0.465 e. The summed E-state index contributed by atoms with van der Waals surface area (Å²) < 4.78 is 24.4. The lowest BCUT2D eigenvalue weighted by atomic mass is 9.68. The molecule has 47 heavy (non-hydrogen) atoms. The van der Waals surface area contributed by atoms with E-state index in [0.717, 1.165) is 66.9 Å². The Hall–Kier alpha value is -3.58. The average molecular weight is 656 g/mol. The molecule has 0 saturated carbocycles. The maximum Gasteiger partial charge on any atom is 0.327 e. The average Bonchev–Trinajstić information content (AvgIpc) is 3.53. The Labute approximate surface area is 276 Å². The van der Waals surface area contributed by atoms with Crippen LogP contribution in [0.25, 0.3) is 0 Å². The molecule has 2 fully saturated rings. The topological polar surface area (TPSA) is 153 Å². The summed E-state index contributed by atoms with van der Waals surface area (Å²) in [7, 11) is 0. The highest BCUT2D eigenvalue weighted by Crippen LogP contribution is 2.44. The number of aromatic nitrogens is 4. The normalized spacial score (nSPS) is 19.6. The van der Waals surface area contributed by atoms with Gasteiger partial charge in [-0.25, -0.2) is 0 Å². The number of amides is 1. The summed E-state index contributed by atoms with van der Waals surface area (Å²) >= 11 is 0. The summed E-state index contributed by atoms with van der Waals surface area (Å²) in [5.41, 5.74) is 4.66. The van der Waals surface area contributed by atoms with E-state index in [1.807, 2.05) is 13.8 Å². The van der Waals surface area contributed by atoms with Gasteiger partial charge >= 0.3 is 11.9 Å². The monoisotopic (exact) mass is 655 g/mol. The number of fused-ring (bicyclic) bond motifs is 2. The van der Waals surface area contributed by atoms with Gasteiger partial charge in [-0.1, -0.05) is 13.8 Å². The summed E-state index contributed by atoms with van der Waals surface area (Å²) in [5.74, 6) is -0.545. The molecule has 2 aromatic rings. The van der Waals surface area contributed by atoms with Gasteiger partial charge in [0.25, 0.3) is 5.91 Å². The van der Waals surface area contributed by atoms with Crippen LogP contribution in [-0.4, -0.2) is 89.4 Å². The first-order chi connectivity index (χ1) is 22.7. The molecule has 1 amide bonds. The first-order valence-electron chi connectivity index (χ1n) is 17.1. The number of rotatable bonds is 8. The zero-order valence-electron chi connectivity index (χ0n) is 28.3. The molecule has 258 valence electrons. The van der Waals surface area contributed by atoms with Crippen molar-refractivity contribution in [1.82, 2.24) is 24.9 Å². The van der Waals surface area contributed by atoms with Crippen molar-refractivity contribution in [3.8, 4) is 0 Å².